The van der Waals surface area contributed by atoms with Gasteiger partial charge in [0.25, 0.3) is 11.9 Å². The van der Waals surface area contributed by atoms with Crippen LogP contribution in [0.2, 0.25) is 0 Å². The summed E-state index contributed by atoms with van der Waals surface area (Å²) >= 11 is 0. The van der Waals surface area contributed by atoms with Crippen LogP contribution in [-0.4, -0.2) is 39.7 Å². The fourth-order valence-electron chi connectivity index (χ4n) is 3.77. The number of benzene rings is 1. The molecule has 1 aromatic carbocycles. The second-order valence-electron chi connectivity index (χ2n) is 8.08. The van der Waals surface area contributed by atoms with Crippen LogP contribution in [0.4, 0.5) is 0 Å². The molecular weight excluding hydrogens is 410 g/mol. The smallest absolute Gasteiger partial charge is 0.359 e. The molecule has 4 rings (SSSR count). The second-order valence-corrected chi connectivity index (χ2v) is 8.08. The van der Waals surface area contributed by atoms with E-state index in [1.807, 2.05) is 35.0 Å². The van der Waals surface area contributed by atoms with E-state index in [-0.39, 0.29) is 36.5 Å². The van der Waals surface area contributed by atoms with Crippen LogP contribution in [0, 0.1) is 5.92 Å². The molecule has 0 spiro atoms. The number of hydrogen-bond donors (Lipinski definition) is 0. The fourth-order valence-corrected chi connectivity index (χ4v) is 3.77. The van der Waals surface area contributed by atoms with Gasteiger partial charge in [-0.2, -0.15) is 5.10 Å². The normalized spacial score (nSPS) is 13.2. The van der Waals surface area contributed by atoms with E-state index in [1.165, 1.54) is 0 Å². The summed E-state index contributed by atoms with van der Waals surface area (Å²) in [6, 6.07) is 12.4. The van der Waals surface area contributed by atoms with Crippen LogP contribution >= 0.6 is 0 Å². The van der Waals surface area contributed by atoms with Crippen molar-refractivity contribution in [2.75, 3.05) is 13.2 Å². The summed E-state index contributed by atoms with van der Waals surface area (Å²) in [6.45, 7) is 7.71. The van der Waals surface area contributed by atoms with Gasteiger partial charge in [-0.1, -0.05) is 32.0 Å². The van der Waals surface area contributed by atoms with Gasteiger partial charge in [0.15, 0.2) is 11.5 Å². The Kier molecular flexibility index (Phi) is 6.30. The van der Waals surface area contributed by atoms with Gasteiger partial charge in [0.05, 0.1) is 13.2 Å². The molecule has 0 aliphatic carbocycles. The van der Waals surface area contributed by atoms with Crippen molar-refractivity contribution in [2.45, 2.75) is 40.3 Å². The standard InChI is InChI=1S/C24H27N3O5/c1-4-30-24(29)22-18-15-26(13-12-19(18)27(25-22)14-16(2)3)23(28)20-10-11-21(32-20)31-17-8-6-5-7-9-17/h5-11,16H,4,12-15H2,1-3H3. The number of ether oxygens (including phenoxy) is 2. The van der Waals surface area contributed by atoms with E-state index in [4.69, 9.17) is 13.9 Å². The highest BCUT2D eigenvalue weighted by Crippen LogP contribution is 2.28. The first-order chi connectivity index (χ1) is 15.5. The third-order valence-corrected chi connectivity index (χ3v) is 5.18. The molecule has 1 aliphatic rings. The van der Waals surface area contributed by atoms with Crippen molar-refractivity contribution in [3.63, 3.8) is 0 Å². The van der Waals surface area contributed by atoms with E-state index in [0.717, 1.165) is 11.3 Å². The number of carbonyl (C=O) groups is 2. The molecule has 0 bridgehead atoms. The molecule has 8 nitrogen and oxygen atoms in total. The number of carbonyl (C=O) groups excluding carboxylic acids is 2. The van der Waals surface area contributed by atoms with E-state index in [2.05, 4.69) is 18.9 Å². The minimum absolute atomic E-state index is 0.187. The van der Waals surface area contributed by atoms with Gasteiger partial charge in [-0.15, -0.1) is 0 Å². The van der Waals surface area contributed by atoms with Gasteiger partial charge in [0, 0.05) is 36.8 Å². The first-order valence-corrected chi connectivity index (χ1v) is 10.8. The number of esters is 1. The molecule has 1 amide bonds. The molecule has 0 saturated carbocycles. The zero-order chi connectivity index (χ0) is 22.7. The molecule has 0 atom stereocenters. The molecule has 2 aromatic heterocycles. The molecule has 3 heterocycles. The number of aromatic nitrogens is 2. The van der Waals surface area contributed by atoms with Crippen molar-refractivity contribution in [2.24, 2.45) is 5.92 Å². The average molecular weight is 437 g/mol. The van der Waals surface area contributed by atoms with Crippen molar-refractivity contribution in [3.8, 4) is 11.7 Å². The Balaban J connectivity index is 1.54. The maximum absolute atomic E-state index is 13.1. The quantitative estimate of drug-likeness (QED) is 0.512. The molecule has 3 aromatic rings. The Morgan fingerprint density at radius 2 is 1.94 bits per heavy atom. The van der Waals surface area contributed by atoms with Crippen molar-refractivity contribution >= 4 is 11.9 Å². The summed E-state index contributed by atoms with van der Waals surface area (Å²) in [5.74, 6) is 0.711. The minimum atomic E-state index is -0.461. The number of nitrogens with zero attached hydrogens (tertiary/aromatic N) is 3. The zero-order valence-electron chi connectivity index (χ0n) is 18.5. The lowest BCUT2D eigenvalue weighted by atomic mass is 10.0. The Hall–Kier alpha value is -3.55. The summed E-state index contributed by atoms with van der Waals surface area (Å²) in [7, 11) is 0. The van der Waals surface area contributed by atoms with E-state index < -0.39 is 5.97 Å². The summed E-state index contributed by atoms with van der Waals surface area (Å²) in [5, 5.41) is 4.53. The van der Waals surface area contributed by atoms with E-state index in [9.17, 15) is 9.59 Å². The van der Waals surface area contributed by atoms with E-state index >= 15 is 0 Å². The molecule has 0 fully saturated rings. The molecule has 8 heteroatoms. The summed E-state index contributed by atoms with van der Waals surface area (Å²) in [5.41, 5.74) is 2.02. The Morgan fingerprint density at radius 3 is 2.66 bits per heavy atom. The highest BCUT2D eigenvalue weighted by Gasteiger charge is 2.32. The van der Waals surface area contributed by atoms with Crippen LogP contribution in [0.3, 0.4) is 0 Å². The minimum Gasteiger partial charge on any atom is -0.461 e. The molecule has 0 unspecified atom stereocenters. The Morgan fingerprint density at radius 1 is 1.16 bits per heavy atom. The number of furan rings is 1. The van der Waals surface area contributed by atoms with Crippen LogP contribution in [0.1, 0.15) is 53.1 Å². The van der Waals surface area contributed by atoms with Gasteiger partial charge in [-0.25, -0.2) is 4.79 Å². The molecule has 32 heavy (non-hydrogen) atoms. The van der Waals surface area contributed by atoms with Crippen LogP contribution in [0.15, 0.2) is 46.9 Å². The topological polar surface area (TPSA) is 86.8 Å². The third kappa shape index (κ3) is 4.54. The monoisotopic (exact) mass is 437 g/mol. The van der Waals surface area contributed by atoms with E-state index in [0.29, 0.717) is 31.2 Å². The predicted molar refractivity (Wildman–Crippen MR) is 117 cm³/mol. The van der Waals surface area contributed by atoms with Crippen LogP contribution < -0.4 is 4.74 Å². The third-order valence-electron chi connectivity index (χ3n) is 5.18. The van der Waals surface area contributed by atoms with E-state index in [1.54, 1.807) is 24.0 Å². The molecular formula is C24H27N3O5. The molecule has 168 valence electrons. The lowest BCUT2D eigenvalue weighted by Gasteiger charge is -2.27. The first-order valence-electron chi connectivity index (χ1n) is 10.8. The summed E-state index contributed by atoms with van der Waals surface area (Å²) in [6.07, 6.45) is 0.605. The van der Waals surface area contributed by atoms with Gasteiger partial charge >= 0.3 is 5.97 Å². The Labute approximate surface area is 186 Å². The van der Waals surface area contributed by atoms with Crippen LogP contribution in [0.25, 0.3) is 0 Å². The van der Waals surface area contributed by atoms with Gasteiger partial charge in [0.1, 0.15) is 5.75 Å². The predicted octanol–water partition coefficient (Wildman–Crippen LogP) is 4.30. The zero-order valence-corrected chi connectivity index (χ0v) is 18.5. The first kappa shape index (κ1) is 21.7. The van der Waals surface area contributed by atoms with Crippen molar-refractivity contribution in [3.05, 3.63) is 65.2 Å². The summed E-state index contributed by atoms with van der Waals surface area (Å²) < 4.78 is 18.4. The number of amides is 1. The maximum atomic E-state index is 13.1. The highest BCUT2D eigenvalue weighted by atomic mass is 16.6. The van der Waals surface area contributed by atoms with Crippen molar-refractivity contribution < 1.29 is 23.5 Å². The van der Waals surface area contributed by atoms with Crippen molar-refractivity contribution in [1.82, 2.24) is 14.7 Å². The lowest BCUT2D eigenvalue weighted by Crippen LogP contribution is -2.36. The number of fused-ring (bicyclic) bond motifs is 1. The van der Waals surface area contributed by atoms with Gasteiger partial charge < -0.3 is 18.8 Å². The van der Waals surface area contributed by atoms with Crippen LogP contribution in [-0.2, 0) is 24.2 Å². The van der Waals surface area contributed by atoms with Crippen LogP contribution in [0.5, 0.6) is 11.7 Å². The highest BCUT2D eigenvalue weighted by molar-refractivity contribution is 5.93. The van der Waals surface area contributed by atoms with Gasteiger partial charge in [-0.05, 0) is 31.0 Å². The molecule has 0 radical (unpaired) electrons. The SMILES string of the molecule is CCOC(=O)c1nn(CC(C)C)c2c1CN(C(=O)c1ccc(Oc3ccccc3)o1)CC2. The number of hydrogen-bond acceptors (Lipinski definition) is 6. The Bertz CT molecular complexity index is 1100. The molecule has 0 N–H and O–H groups in total. The molecule has 1 aliphatic heterocycles. The van der Waals surface area contributed by atoms with Gasteiger partial charge in [0.2, 0.25) is 0 Å². The average Bonchev–Trinajstić information content (AvgIpc) is 3.38. The largest absolute Gasteiger partial charge is 0.461 e. The number of rotatable bonds is 7. The molecule has 0 saturated heterocycles. The lowest BCUT2D eigenvalue weighted by molar-refractivity contribution is 0.0512. The maximum Gasteiger partial charge on any atom is 0.359 e. The fraction of sp³-hybridized carbons (Fsp3) is 0.375. The van der Waals surface area contributed by atoms with Crippen molar-refractivity contribution in [1.29, 1.82) is 0 Å². The van der Waals surface area contributed by atoms with Gasteiger partial charge in [-0.3, -0.25) is 9.48 Å². The number of para-hydroxylation sites is 1. The second kappa shape index (κ2) is 9.30. The summed E-state index contributed by atoms with van der Waals surface area (Å²) in [4.78, 5) is 27.3.